The van der Waals surface area contributed by atoms with E-state index in [0.717, 1.165) is 25.7 Å². The Morgan fingerprint density at radius 1 is 1.11 bits per heavy atom. The summed E-state index contributed by atoms with van der Waals surface area (Å²) in [5.74, 6) is -0.0510. The van der Waals surface area contributed by atoms with Gasteiger partial charge in [0, 0.05) is 11.1 Å². The lowest BCUT2D eigenvalue weighted by atomic mass is 9.90. The molecule has 2 N–H and O–H groups in total. The standard InChI is InChI=1S/C14H28N2O2/c1-12(2,3)15-11(17)14(9-7-8-10-14)16(18)13(4,5)6/h18H,7-10H2,1-6H3,(H,15,17). The van der Waals surface area contributed by atoms with Gasteiger partial charge in [0.15, 0.2) is 0 Å². The van der Waals surface area contributed by atoms with Gasteiger partial charge in [-0.15, -0.1) is 0 Å². The minimum absolute atomic E-state index is 0.0510. The topological polar surface area (TPSA) is 52.6 Å². The van der Waals surface area contributed by atoms with Crippen molar-refractivity contribution in [1.82, 2.24) is 10.4 Å². The highest BCUT2D eigenvalue weighted by atomic mass is 16.5. The number of amides is 1. The van der Waals surface area contributed by atoms with Gasteiger partial charge in [0.25, 0.3) is 0 Å². The maximum absolute atomic E-state index is 12.6. The molecule has 1 fully saturated rings. The van der Waals surface area contributed by atoms with E-state index in [4.69, 9.17) is 0 Å². The molecule has 4 nitrogen and oxygen atoms in total. The lowest BCUT2D eigenvalue weighted by Crippen LogP contribution is -2.63. The fourth-order valence-electron chi connectivity index (χ4n) is 2.59. The average molecular weight is 256 g/mol. The first-order chi connectivity index (χ1) is 7.99. The van der Waals surface area contributed by atoms with Crippen LogP contribution in [0.4, 0.5) is 0 Å². The molecule has 1 rings (SSSR count). The summed E-state index contributed by atoms with van der Waals surface area (Å²) in [7, 11) is 0. The summed E-state index contributed by atoms with van der Waals surface area (Å²) in [5, 5.41) is 14.8. The molecule has 0 spiro atoms. The lowest BCUT2D eigenvalue weighted by Gasteiger charge is -2.44. The molecule has 0 radical (unpaired) electrons. The van der Waals surface area contributed by atoms with Crippen molar-refractivity contribution in [3.8, 4) is 0 Å². The molecule has 0 aromatic heterocycles. The average Bonchev–Trinajstić information content (AvgIpc) is 2.61. The third-order valence-corrected chi connectivity index (χ3v) is 3.38. The van der Waals surface area contributed by atoms with Gasteiger partial charge < -0.3 is 10.5 Å². The Morgan fingerprint density at radius 2 is 1.56 bits per heavy atom. The van der Waals surface area contributed by atoms with E-state index < -0.39 is 11.1 Å². The molecule has 0 aromatic rings. The zero-order chi connectivity index (χ0) is 14.2. The van der Waals surface area contributed by atoms with Crippen LogP contribution in [0.25, 0.3) is 0 Å². The molecular weight excluding hydrogens is 228 g/mol. The molecule has 0 aliphatic heterocycles. The van der Waals surface area contributed by atoms with Gasteiger partial charge in [-0.3, -0.25) is 4.79 Å². The Balaban J connectivity index is 2.98. The Bertz CT molecular complexity index is 307. The first kappa shape index (κ1) is 15.4. The van der Waals surface area contributed by atoms with Gasteiger partial charge in [0.05, 0.1) is 0 Å². The third kappa shape index (κ3) is 3.23. The highest BCUT2D eigenvalue weighted by Crippen LogP contribution is 2.38. The summed E-state index contributed by atoms with van der Waals surface area (Å²) in [5.41, 5.74) is -1.46. The Morgan fingerprint density at radius 3 is 1.89 bits per heavy atom. The van der Waals surface area contributed by atoms with Crippen LogP contribution in [0.1, 0.15) is 67.2 Å². The van der Waals surface area contributed by atoms with Crippen molar-refractivity contribution in [2.45, 2.75) is 83.8 Å². The van der Waals surface area contributed by atoms with Crippen molar-refractivity contribution in [3.05, 3.63) is 0 Å². The van der Waals surface area contributed by atoms with Gasteiger partial charge in [-0.05, 0) is 54.4 Å². The van der Waals surface area contributed by atoms with E-state index in [1.807, 2.05) is 41.5 Å². The zero-order valence-electron chi connectivity index (χ0n) is 12.6. The van der Waals surface area contributed by atoms with Crippen molar-refractivity contribution in [3.63, 3.8) is 0 Å². The minimum atomic E-state index is -0.758. The van der Waals surface area contributed by atoms with E-state index in [1.54, 1.807) is 0 Å². The molecule has 1 amide bonds. The molecule has 1 aliphatic carbocycles. The van der Waals surface area contributed by atoms with Gasteiger partial charge in [-0.25, -0.2) is 0 Å². The number of hydroxylamine groups is 2. The summed E-state index contributed by atoms with van der Waals surface area (Å²) >= 11 is 0. The van der Waals surface area contributed by atoms with Crippen molar-refractivity contribution in [1.29, 1.82) is 0 Å². The van der Waals surface area contributed by atoms with Crippen molar-refractivity contribution >= 4 is 5.91 Å². The van der Waals surface area contributed by atoms with E-state index in [0.29, 0.717) is 0 Å². The van der Waals surface area contributed by atoms with Crippen LogP contribution < -0.4 is 5.32 Å². The second kappa shape index (κ2) is 4.82. The predicted octanol–water partition coefficient (Wildman–Crippen LogP) is 2.70. The molecule has 18 heavy (non-hydrogen) atoms. The number of nitrogens with zero attached hydrogens (tertiary/aromatic N) is 1. The quantitative estimate of drug-likeness (QED) is 0.747. The molecule has 0 atom stereocenters. The summed E-state index contributed by atoms with van der Waals surface area (Å²) in [6.07, 6.45) is 3.43. The first-order valence-corrected chi connectivity index (χ1v) is 6.81. The molecule has 0 unspecified atom stereocenters. The third-order valence-electron chi connectivity index (χ3n) is 3.38. The van der Waals surface area contributed by atoms with E-state index >= 15 is 0 Å². The molecule has 106 valence electrons. The number of hydrogen-bond donors (Lipinski definition) is 2. The highest BCUT2D eigenvalue weighted by Gasteiger charge is 2.50. The van der Waals surface area contributed by atoms with Crippen molar-refractivity contribution in [2.24, 2.45) is 0 Å². The van der Waals surface area contributed by atoms with Crippen LogP contribution in [0.3, 0.4) is 0 Å². The number of rotatable bonds is 2. The van der Waals surface area contributed by atoms with E-state index in [1.165, 1.54) is 5.06 Å². The molecular formula is C14H28N2O2. The van der Waals surface area contributed by atoms with Crippen LogP contribution >= 0.6 is 0 Å². The van der Waals surface area contributed by atoms with E-state index in [9.17, 15) is 10.0 Å². The summed E-state index contributed by atoms with van der Waals surface area (Å²) in [6.45, 7) is 11.7. The normalized spacial score (nSPS) is 20.2. The number of hydrogen-bond acceptors (Lipinski definition) is 3. The largest absolute Gasteiger partial charge is 0.350 e. The first-order valence-electron chi connectivity index (χ1n) is 6.81. The number of nitrogens with one attached hydrogen (secondary N) is 1. The fraction of sp³-hybridized carbons (Fsp3) is 0.929. The maximum atomic E-state index is 12.6. The van der Waals surface area contributed by atoms with E-state index in [2.05, 4.69) is 5.32 Å². The van der Waals surface area contributed by atoms with Crippen LogP contribution in [-0.4, -0.2) is 32.8 Å². The predicted molar refractivity (Wildman–Crippen MR) is 72.5 cm³/mol. The van der Waals surface area contributed by atoms with Crippen molar-refractivity contribution < 1.29 is 10.0 Å². The molecule has 0 bridgehead atoms. The summed E-state index contributed by atoms with van der Waals surface area (Å²) in [4.78, 5) is 12.6. The zero-order valence-corrected chi connectivity index (χ0v) is 12.6. The molecule has 0 heterocycles. The van der Waals surface area contributed by atoms with E-state index in [-0.39, 0.29) is 11.4 Å². The van der Waals surface area contributed by atoms with Crippen LogP contribution in [-0.2, 0) is 4.79 Å². The second-order valence-electron chi connectivity index (χ2n) is 7.43. The summed E-state index contributed by atoms with van der Waals surface area (Å²) < 4.78 is 0. The van der Waals surface area contributed by atoms with Crippen LogP contribution in [0.5, 0.6) is 0 Å². The molecule has 0 saturated heterocycles. The van der Waals surface area contributed by atoms with Gasteiger partial charge in [-0.1, -0.05) is 12.8 Å². The van der Waals surface area contributed by atoms with Crippen LogP contribution in [0, 0.1) is 0 Å². The minimum Gasteiger partial charge on any atom is -0.350 e. The fourth-order valence-corrected chi connectivity index (χ4v) is 2.59. The van der Waals surface area contributed by atoms with Crippen LogP contribution in [0.15, 0.2) is 0 Å². The lowest BCUT2D eigenvalue weighted by molar-refractivity contribution is -0.225. The second-order valence-corrected chi connectivity index (χ2v) is 7.43. The van der Waals surface area contributed by atoms with Gasteiger partial charge in [0.1, 0.15) is 5.54 Å². The van der Waals surface area contributed by atoms with Gasteiger partial charge in [0.2, 0.25) is 5.91 Å². The highest BCUT2D eigenvalue weighted by molar-refractivity contribution is 5.87. The van der Waals surface area contributed by atoms with Gasteiger partial charge >= 0.3 is 0 Å². The maximum Gasteiger partial charge on any atom is 0.243 e. The smallest absolute Gasteiger partial charge is 0.243 e. The number of carbonyl (C=O) groups is 1. The summed E-state index contributed by atoms with van der Waals surface area (Å²) in [6, 6.07) is 0. The number of carbonyl (C=O) groups excluding carboxylic acids is 1. The molecule has 4 heteroatoms. The Labute approximate surface area is 111 Å². The Hall–Kier alpha value is -0.610. The van der Waals surface area contributed by atoms with Crippen LogP contribution in [0.2, 0.25) is 0 Å². The SMILES string of the molecule is CC(C)(C)NC(=O)C1(N(O)C(C)(C)C)CCCC1. The molecule has 0 aromatic carbocycles. The molecule has 1 saturated carbocycles. The Kier molecular flexibility index (Phi) is 4.13. The monoisotopic (exact) mass is 256 g/mol. The van der Waals surface area contributed by atoms with Crippen molar-refractivity contribution in [2.75, 3.05) is 0 Å². The van der Waals surface area contributed by atoms with Gasteiger partial charge in [-0.2, -0.15) is 5.06 Å². The molecule has 1 aliphatic rings.